The summed E-state index contributed by atoms with van der Waals surface area (Å²) in [5.74, 6) is 0.843. The Morgan fingerprint density at radius 1 is 1.06 bits per heavy atom. The number of allylic oxidation sites excluding steroid dienone is 1. The number of nitrogens with zero attached hydrogens (tertiary/aromatic N) is 2. The second kappa shape index (κ2) is 11.0. The van der Waals surface area contributed by atoms with Crippen LogP contribution in [0.25, 0.3) is 6.08 Å². The molecule has 2 aromatic carbocycles. The number of ether oxygens (including phenoxy) is 3. The predicted octanol–water partition coefficient (Wildman–Crippen LogP) is 3.54. The average Bonchev–Trinajstić information content (AvgIpc) is 3.20. The number of rotatable bonds is 9. The first-order valence-electron chi connectivity index (χ1n) is 11.2. The van der Waals surface area contributed by atoms with Crippen molar-refractivity contribution in [3.8, 4) is 11.5 Å². The van der Waals surface area contributed by atoms with Gasteiger partial charge in [0.25, 0.3) is 5.56 Å². The van der Waals surface area contributed by atoms with Crippen LogP contribution in [0.3, 0.4) is 0 Å². The predicted molar refractivity (Wildman–Crippen MR) is 140 cm³/mol. The Balaban J connectivity index is 1.83. The lowest BCUT2D eigenvalue weighted by Gasteiger charge is -2.24. The standard InChI is InChI=1S/C28H26N2O5S/c1-5-15-34-22-11-7-19(8-12-22)17-23-26(31)30-25(20-9-13-21(33-4)14-10-20)24(27(32)35-16-6-2)18(3)29-28(30)36-23/h5-14,17,25H,1-2,15-16H2,3-4H3/b23-17+. The van der Waals surface area contributed by atoms with Gasteiger partial charge >= 0.3 is 5.97 Å². The molecule has 3 aromatic rings. The van der Waals surface area contributed by atoms with Crippen LogP contribution in [-0.4, -0.2) is 30.9 Å². The number of benzene rings is 2. The van der Waals surface area contributed by atoms with E-state index in [-0.39, 0.29) is 12.2 Å². The second-order valence-electron chi connectivity index (χ2n) is 7.91. The van der Waals surface area contributed by atoms with E-state index in [4.69, 9.17) is 14.2 Å². The van der Waals surface area contributed by atoms with Crippen molar-refractivity contribution < 1.29 is 19.0 Å². The third-order valence-corrected chi connectivity index (χ3v) is 6.53. The van der Waals surface area contributed by atoms with E-state index < -0.39 is 12.0 Å². The smallest absolute Gasteiger partial charge is 0.338 e. The third-order valence-electron chi connectivity index (χ3n) is 5.55. The molecule has 0 amide bonds. The fraction of sp³-hybridized carbons (Fsp3) is 0.179. The highest BCUT2D eigenvalue weighted by Crippen LogP contribution is 2.31. The van der Waals surface area contributed by atoms with Crippen molar-refractivity contribution in [1.82, 2.24) is 4.57 Å². The molecule has 0 bridgehead atoms. The number of methoxy groups -OCH3 is 1. The van der Waals surface area contributed by atoms with Crippen LogP contribution in [0.15, 0.2) is 94.9 Å². The second-order valence-corrected chi connectivity index (χ2v) is 8.92. The molecule has 7 nitrogen and oxygen atoms in total. The van der Waals surface area contributed by atoms with E-state index in [9.17, 15) is 9.59 Å². The maximum Gasteiger partial charge on any atom is 0.338 e. The maximum atomic E-state index is 13.7. The number of esters is 1. The van der Waals surface area contributed by atoms with Gasteiger partial charge in [0, 0.05) is 0 Å². The minimum absolute atomic E-state index is 0.0574. The van der Waals surface area contributed by atoms with Crippen LogP contribution >= 0.6 is 11.3 Å². The number of thiazole rings is 1. The molecule has 1 aliphatic heterocycles. The summed E-state index contributed by atoms with van der Waals surface area (Å²) >= 11 is 1.27. The minimum atomic E-state index is -0.693. The van der Waals surface area contributed by atoms with E-state index in [0.717, 1.165) is 11.1 Å². The Morgan fingerprint density at radius 3 is 2.36 bits per heavy atom. The maximum absolute atomic E-state index is 13.7. The zero-order valence-electron chi connectivity index (χ0n) is 20.1. The summed E-state index contributed by atoms with van der Waals surface area (Å²) in [5.41, 5.74) is 2.15. The Bertz CT molecular complexity index is 1500. The summed E-state index contributed by atoms with van der Waals surface area (Å²) in [5, 5.41) is 0. The van der Waals surface area contributed by atoms with Crippen molar-refractivity contribution >= 4 is 23.4 Å². The summed E-state index contributed by atoms with van der Waals surface area (Å²) in [4.78, 5) is 31.8. The zero-order chi connectivity index (χ0) is 25.7. The van der Waals surface area contributed by atoms with Gasteiger partial charge in [0.1, 0.15) is 24.7 Å². The molecule has 0 radical (unpaired) electrons. The van der Waals surface area contributed by atoms with Crippen LogP contribution < -0.4 is 24.4 Å². The fourth-order valence-corrected chi connectivity index (χ4v) is 4.91. The average molecular weight is 503 g/mol. The lowest BCUT2D eigenvalue weighted by molar-refractivity contribution is -0.138. The molecule has 0 fully saturated rings. The van der Waals surface area contributed by atoms with Gasteiger partial charge in [-0.2, -0.15) is 0 Å². The van der Waals surface area contributed by atoms with E-state index >= 15 is 0 Å². The number of hydrogen-bond donors (Lipinski definition) is 0. The molecule has 8 heteroatoms. The fourth-order valence-electron chi connectivity index (χ4n) is 3.86. The number of hydrogen-bond acceptors (Lipinski definition) is 7. The first-order chi connectivity index (χ1) is 17.5. The van der Waals surface area contributed by atoms with Gasteiger partial charge in [0.15, 0.2) is 4.80 Å². The van der Waals surface area contributed by atoms with Gasteiger partial charge in [-0.15, -0.1) is 0 Å². The summed E-state index contributed by atoms with van der Waals surface area (Å²) in [6, 6.07) is 14.0. The highest BCUT2D eigenvalue weighted by Gasteiger charge is 2.33. The van der Waals surface area contributed by atoms with Crippen molar-refractivity contribution in [1.29, 1.82) is 0 Å². The SMILES string of the molecule is C=CCOC(=O)C1=C(C)N=c2s/c(=C/c3ccc(OCC=C)cc3)c(=O)n2C1c1ccc(OC)cc1. The molecule has 1 unspecified atom stereocenters. The van der Waals surface area contributed by atoms with Crippen LogP contribution in [-0.2, 0) is 9.53 Å². The van der Waals surface area contributed by atoms with Crippen molar-refractivity contribution in [2.24, 2.45) is 4.99 Å². The lowest BCUT2D eigenvalue weighted by Crippen LogP contribution is -2.39. The Morgan fingerprint density at radius 2 is 1.72 bits per heavy atom. The third kappa shape index (κ3) is 5.08. The zero-order valence-corrected chi connectivity index (χ0v) is 20.9. The van der Waals surface area contributed by atoms with Crippen molar-refractivity contribution in [3.63, 3.8) is 0 Å². The molecule has 36 heavy (non-hydrogen) atoms. The highest BCUT2D eigenvalue weighted by atomic mass is 32.1. The molecule has 1 atom stereocenters. The topological polar surface area (TPSA) is 79.1 Å². The summed E-state index contributed by atoms with van der Waals surface area (Å²) in [6.07, 6.45) is 4.98. The number of carbonyl (C=O) groups is 1. The number of fused-ring (bicyclic) bond motifs is 1. The van der Waals surface area contributed by atoms with E-state index in [1.54, 1.807) is 42.9 Å². The van der Waals surface area contributed by atoms with Gasteiger partial charge < -0.3 is 14.2 Å². The quantitative estimate of drug-likeness (QED) is 0.330. The van der Waals surface area contributed by atoms with Crippen molar-refractivity contribution in [2.75, 3.05) is 20.3 Å². The van der Waals surface area contributed by atoms with Crippen LogP contribution in [0.4, 0.5) is 0 Å². The molecule has 0 spiro atoms. The van der Waals surface area contributed by atoms with Gasteiger partial charge in [-0.05, 0) is 48.4 Å². The van der Waals surface area contributed by atoms with Crippen molar-refractivity contribution in [2.45, 2.75) is 13.0 Å². The summed E-state index contributed by atoms with van der Waals surface area (Å²) in [7, 11) is 1.58. The largest absolute Gasteiger partial charge is 0.497 e. The molecule has 184 valence electrons. The number of aromatic nitrogens is 1. The molecule has 0 N–H and O–H groups in total. The Kier molecular flexibility index (Phi) is 7.65. The molecule has 0 aliphatic carbocycles. The molecule has 4 rings (SSSR count). The molecule has 2 heterocycles. The van der Waals surface area contributed by atoms with Crippen LogP contribution in [0.2, 0.25) is 0 Å². The van der Waals surface area contributed by atoms with Crippen LogP contribution in [0.1, 0.15) is 24.1 Å². The van der Waals surface area contributed by atoms with Gasteiger partial charge in [0.05, 0.1) is 29.0 Å². The molecule has 1 aromatic heterocycles. The molecular weight excluding hydrogens is 476 g/mol. The lowest BCUT2D eigenvalue weighted by atomic mass is 9.96. The van der Waals surface area contributed by atoms with Gasteiger partial charge in [0.2, 0.25) is 0 Å². The van der Waals surface area contributed by atoms with Gasteiger partial charge in [-0.1, -0.05) is 60.9 Å². The highest BCUT2D eigenvalue weighted by molar-refractivity contribution is 7.07. The van der Waals surface area contributed by atoms with Crippen molar-refractivity contribution in [3.05, 3.63) is 116 Å². The normalized spacial score (nSPS) is 15.1. The molecule has 1 aliphatic rings. The van der Waals surface area contributed by atoms with Crippen LogP contribution in [0.5, 0.6) is 11.5 Å². The monoisotopic (exact) mass is 502 g/mol. The minimum Gasteiger partial charge on any atom is -0.497 e. The summed E-state index contributed by atoms with van der Waals surface area (Å²) in [6.45, 7) is 9.47. The molecular formula is C28H26N2O5S. The number of carbonyl (C=O) groups excluding carboxylic acids is 1. The Hall–Kier alpha value is -4.17. The van der Waals surface area contributed by atoms with E-state index in [1.807, 2.05) is 36.4 Å². The van der Waals surface area contributed by atoms with Crippen LogP contribution in [0, 0.1) is 0 Å². The van der Waals surface area contributed by atoms with Gasteiger partial charge in [-0.25, -0.2) is 9.79 Å². The Labute approximate surface area is 212 Å². The van der Waals surface area contributed by atoms with Gasteiger partial charge in [-0.3, -0.25) is 9.36 Å². The molecule has 0 saturated carbocycles. The first kappa shape index (κ1) is 24.9. The first-order valence-corrected chi connectivity index (χ1v) is 12.1. The summed E-state index contributed by atoms with van der Waals surface area (Å²) < 4.78 is 18.2. The van der Waals surface area contributed by atoms with E-state index in [0.29, 0.717) is 38.7 Å². The van der Waals surface area contributed by atoms with E-state index in [2.05, 4.69) is 18.2 Å². The molecule has 0 saturated heterocycles. The van der Waals surface area contributed by atoms with E-state index in [1.165, 1.54) is 17.4 Å².